The Morgan fingerprint density at radius 2 is 1.35 bits per heavy atom. The van der Waals surface area contributed by atoms with E-state index in [1.165, 1.54) is 36.2 Å². The fourth-order valence-corrected chi connectivity index (χ4v) is 4.01. The van der Waals surface area contributed by atoms with Crippen LogP contribution in [0.5, 0.6) is 0 Å². The van der Waals surface area contributed by atoms with E-state index in [9.17, 15) is 9.59 Å². The molecule has 2 aliphatic rings. The van der Waals surface area contributed by atoms with Gasteiger partial charge >= 0.3 is 11.9 Å². The zero-order valence-electron chi connectivity index (χ0n) is 18.7. The molecule has 1 aliphatic carbocycles. The van der Waals surface area contributed by atoms with Gasteiger partial charge in [-0.1, -0.05) is 60.7 Å². The van der Waals surface area contributed by atoms with Crippen LogP contribution < -0.4 is 5.32 Å². The van der Waals surface area contributed by atoms with Crippen molar-refractivity contribution in [1.29, 1.82) is 0 Å². The largest absolute Gasteiger partial charge is 0.386 e. The highest BCUT2D eigenvalue weighted by atomic mass is 35.5. The van der Waals surface area contributed by atoms with Gasteiger partial charge in [-0.05, 0) is 54.7 Å². The lowest BCUT2D eigenvalue weighted by Gasteiger charge is -2.25. The van der Waals surface area contributed by atoms with Crippen LogP contribution in [0.2, 0.25) is 0 Å². The fourth-order valence-electron chi connectivity index (χ4n) is 4.01. The fraction of sp³-hybridized carbons (Fsp3) is 0.222. The van der Waals surface area contributed by atoms with Crippen LogP contribution in [0.4, 0.5) is 0 Å². The number of amidine groups is 1. The van der Waals surface area contributed by atoms with Gasteiger partial charge in [-0.25, -0.2) is 19.4 Å². The van der Waals surface area contributed by atoms with E-state index in [-0.39, 0.29) is 12.4 Å². The van der Waals surface area contributed by atoms with Crippen LogP contribution in [0.3, 0.4) is 0 Å². The molecule has 0 saturated heterocycles. The number of nitrogens with zero attached hydrogens (tertiary/aromatic N) is 1. The number of aliphatic imine (C=N–C) groups is 1. The van der Waals surface area contributed by atoms with Crippen LogP contribution in [0.1, 0.15) is 50.6 Å². The lowest BCUT2D eigenvalue weighted by atomic mass is 9.82. The Labute approximate surface area is 205 Å². The van der Waals surface area contributed by atoms with Crippen molar-refractivity contribution in [2.45, 2.75) is 25.2 Å². The van der Waals surface area contributed by atoms with Crippen molar-refractivity contribution in [3.8, 4) is 0 Å². The van der Waals surface area contributed by atoms with Gasteiger partial charge in [0.15, 0.2) is 0 Å². The molecule has 0 saturated carbocycles. The third-order valence-electron chi connectivity index (χ3n) is 5.61. The Morgan fingerprint density at radius 3 is 1.91 bits per heavy atom. The third-order valence-corrected chi connectivity index (χ3v) is 5.61. The van der Waals surface area contributed by atoms with E-state index in [2.05, 4.69) is 44.3 Å². The van der Waals surface area contributed by atoms with Crippen molar-refractivity contribution < 1.29 is 19.4 Å². The summed E-state index contributed by atoms with van der Waals surface area (Å²) in [5.41, 5.74) is 3.65. The van der Waals surface area contributed by atoms with Crippen molar-refractivity contribution >= 4 is 30.2 Å². The van der Waals surface area contributed by atoms with Gasteiger partial charge in [0.05, 0.1) is 17.7 Å². The Balaban J connectivity index is 0.000000187. The van der Waals surface area contributed by atoms with E-state index in [1.54, 1.807) is 60.7 Å². The van der Waals surface area contributed by atoms with E-state index in [1.807, 2.05) is 0 Å². The van der Waals surface area contributed by atoms with E-state index < -0.39 is 11.9 Å². The maximum atomic E-state index is 11.5. The molecule has 0 amide bonds. The van der Waals surface area contributed by atoms with Gasteiger partial charge in [-0.3, -0.25) is 4.99 Å². The third kappa shape index (κ3) is 6.45. The van der Waals surface area contributed by atoms with Crippen LogP contribution in [0.25, 0.3) is 0 Å². The number of hydrogen-bond acceptors (Lipinski definition) is 6. The number of nitrogens with one attached hydrogen (secondary N) is 1. The standard InChI is InChI=1S/C14H10O4.C13H16N2.ClH/c15-13(11-7-3-1-4-8-11)17-18-14(16)12-9-5-2-6-10-12;1-2-6-11-10(4-1)5-3-7-12(11)13-14-8-9-15-13;/h1-10H;1-2,4,6,12H,3,5,7-9H2,(H,14,15);1H. The highest BCUT2D eigenvalue weighted by Gasteiger charge is 2.25. The highest BCUT2D eigenvalue weighted by molar-refractivity contribution is 5.92. The highest BCUT2D eigenvalue weighted by Crippen LogP contribution is 2.32. The number of rotatable bonds is 3. The summed E-state index contributed by atoms with van der Waals surface area (Å²) in [6, 6.07) is 25.4. The Kier molecular flexibility index (Phi) is 9.23. The number of benzene rings is 3. The predicted molar refractivity (Wildman–Crippen MR) is 133 cm³/mol. The van der Waals surface area contributed by atoms with Crippen molar-refractivity contribution in [2.24, 2.45) is 4.99 Å². The molecular weight excluding hydrogens is 452 g/mol. The first kappa shape index (κ1) is 25.0. The molecule has 1 N–H and O–H groups in total. The molecule has 1 atom stereocenters. The zero-order chi connectivity index (χ0) is 22.9. The van der Waals surface area contributed by atoms with E-state index in [0.29, 0.717) is 17.0 Å². The summed E-state index contributed by atoms with van der Waals surface area (Å²) in [7, 11) is 0. The molecule has 0 radical (unpaired) electrons. The van der Waals surface area contributed by atoms with E-state index >= 15 is 0 Å². The van der Waals surface area contributed by atoms with E-state index in [0.717, 1.165) is 13.1 Å². The van der Waals surface area contributed by atoms with Gasteiger partial charge < -0.3 is 5.32 Å². The number of fused-ring (bicyclic) bond motifs is 1. The minimum atomic E-state index is -0.708. The van der Waals surface area contributed by atoms with Crippen LogP contribution in [0, 0.1) is 0 Å². The summed E-state index contributed by atoms with van der Waals surface area (Å²) >= 11 is 0. The summed E-state index contributed by atoms with van der Waals surface area (Å²) in [6.07, 6.45) is 3.78. The van der Waals surface area contributed by atoms with Crippen molar-refractivity contribution in [2.75, 3.05) is 13.1 Å². The van der Waals surface area contributed by atoms with E-state index in [4.69, 9.17) is 0 Å². The second-order valence-corrected chi connectivity index (χ2v) is 7.81. The lowest BCUT2D eigenvalue weighted by molar-refractivity contribution is -0.187. The first-order valence-electron chi connectivity index (χ1n) is 11.1. The summed E-state index contributed by atoms with van der Waals surface area (Å²) in [4.78, 5) is 36.4. The number of hydrogen-bond donors (Lipinski definition) is 1. The molecule has 1 aliphatic heterocycles. The molecule has 0 fully saturated rings. The van der Waals surface area contributed by atoms with Gasteiger partial charge in [0.25, 0.3) is 0 Å². The maximum Gasteiger partial charge on any atom is 0.386 e. The zero-order valence-corrected chi connectivity index (χ0v) is 19.5. The van der Waals surface area contributed by atoms with Crippen molar-refractivity contribution in [3.05, 3.63) is 107 Å². The minimum absolute atomic E-state index is 0. The molecule has 7 heteroatoms. The first-order chi connectivity index (χ1) is 16.2. The molecule has 6 nitrogen and oxygen atoms in total. The average molecular weight is 479 g/mol. The van der Waals surface area contributed by atoms with Crippen LogP contribution in [-0.2, 0) is 16.2 Å². The summed E-state index contributed by atoms with van der Waals surface area (Å²) in [5.74, 6) is 0.347. The molecule has 3 aromatic rings. The van der Waals surface area contributed by atoms with Gasteiger partial charge in [0.1, 0.15) is 5.84 Å². The summed E-state index contributed by atoms with van der Waals surface area (Å²) in [5, 5.41) is 3.42. The average Bonchev–Trinajstić information content (AvgIpc) is 3.43. The quantitative estimate of drug-likeness (QED) is 0.416. The Bertz CT molecular complexity index is 1070. The number of carbonyl (C=O) groups excluding carboxylic acids is 2. The Hall–Kier alpha value is -3.64. The summed E-state index contributed by atoms with van der Waals surface area (Å²) in [6.45, 7) is 1.97. The van der Waals surface area contributed by atoms with Crippen LogP contribution in [-0.4, -0.2) is 30.9 Å². The molecule has 34 heavy (non-hydrogen) atoms. The molecule has 1 heterocycles. The number of carbonyl (C=O) groups is 2. The number of aryl methyl sites for hydroxylation is 1. The molecule has 3 aromatic carbocycles. The predicted octanol–water partition coefficient (Wildman–Crippen LogP) is 5.15. The maximum absolute atomic E-state index is 11.5. The van der Waals surface area contributed by atoms with Crippen LogP contribution >= 0.6 is 12.4 Å². The molecule has 0 aromatic heterocycles. The SMILES string of the molecule is Cl.O=C(OOC(=O)c1ccccc1)c1ccccc1.c1ccc2c(c1)CCCC2C1=NCCN1. The molecular formula is C27H27ClN2O4. The topological polar surface area (TPSA) is 77.0 Å². The second kappa shape index (κ2) is 12.6. The molecule has 0 spiro atoms. The first-order valence-corrected chi connectivity index (χ1v) is 11.1. The van der Waals surface area contributed by atoms with Crippen LogP contribution in [0.15, 0.2) is 89.9 Å². The number of halogens is 1. The molecule has 1 unspecified atom stereocenters. The van der Waals surface area contributed by atoms with Gasteiger partial charge in [0.2, 0.25) is 0 Å². The molecule has 176 valence electrons. The lowest BCUT2D eigenvalue weighted by Crippen LogP contribution is -2.28. The monoisotopic (exact) mass is 478 g/mol. The van der Waals surface area contributed by atoms with Gasteiger partial charge in [-0.2, -0.15) is 0 Å². The minimum Gasteiger partial charge on any atom is -0.371 e. The van der Waals surface area contributed by atoms with Crippen molar-refractivity contribution in [1.82, 2.24) is 5.32 Å². The van der Waals surface area contributed by atoms with Gasteiger partial charge in [-0.15, -0.1) is 12.4 Å². The van der Waals surface area contributed by atoms with Gasteiger partial charge in [0, 0.05) is 12.5 Å². The van der Waals surface area contributed by atoms with Crippen molar-refractivity contribution in [3.63, 3.8) is 0 Å². The summed E-state index contributed by atoms with van der Waals surface area (Å²) < 4.78 is 0. The molecule has 5 rings (SSSR count). The normalized spacial score (nSPS) is 15.8. The Morgan fingerprint density at radius 1 is 0.794 bits per heavy atom. The second-order valence-electron chi connectivity index (χ2n) is 7.81. The smallest absolute Gasteiger partial charge is 0.371 e. The molecule has 0 bridgehead atoms.